The molecule has 1 amide bonds. The summed E-state index contributed by atoms with van der Waals surface area (Å²) in [6.07, 6.45) is 0.599. The van der Waals surface area contributed by atoms with E-state index in [1.54, 1.807) is 6.92 Å². The van der Waals surface area contributed by atoms with Crippen molar-refractivity contribution in [3.8, 4) is 0 Å². The number of esters is 1. The summed E-state index contributed by atoms with van der Waals surface area (Å²) in [5.74, 6) is -0.463. The summed E-state index contributed by atoms with van der Waals surface area (Å²) in [4.78, 5) is 22.0. The minimum atomic E-state index is -0.907. The molecule has 0 spiro atoms. The summed E-state index contributed by atoms with van der Waals surface area (Å²) in [5, 5.41) is 2.48. The van der Waals surface area contributed by atoms with Crippen LogP contribution in [0.3, 0.4) is 0 Å². The molecule has 1 rings (SSSR count). The van der Waals surface area contributed by atoms with E-state index in [9.17, 15) is 9.59 Å². The number of amides is 1. The van der Waals surface area contributed by atoms with Crippen molar-refractivity contribution in [1.29, 1.82) is 0 Å². The van der Waals surface area contributed by atoms with Gasteiger partial charge in [-0.3, -0.25) is 0 Å². The normalized spacial score (nSPS) is 19.5. The molecule has 3 N–H and O–H groups in total. The molecule has 6 nitrogen and oxygen atoms in total. The Hall–Kier alpha value is -1.56. The van der Waals surface area contributed by atoms with Gasteiger partial charge in [-0.25, -0.2) is 9.59 Å². The Morgan fingerprint density at radius 2 is 2.47 bits per heavy atom. The molecule has 0 aromatic heterocycles. The molecule has 0 fully saturated rings. The zero-order valence-corrected chi connectivity index (χ0v) is 8.49. The summed E-state index contributed by atoms with van der Waals surface area (Å²) in [7, 11) is 0. The molecule has 0 aliphatic carbocycles. The van der Waals surface area contributed by atoms with E-state index in [4.69, 9.17) is 15.2 Å². The minimum absolute atomic E-state index is 0.440. The standard InChI is InChI=1S/C9H14N2O4/c1-6-5-7(14-8(6)12)15-9(13)11-4-2-3-10/h5,7H,2-4,10H2,1H3,(H,11,13). The number of hydrogen-bond acceptors (Lipinski definition) is 5. The lowest BCUT2D eigenvalue weighted by molar-refractivity contribution is -0.151. The Bertz CT molecular complexity index is 288. The second-order valence-corrected chi connectivity index (χ2v) is 3.10. The number of carbonyl (C=O) groups excluding carboxylic acids is 2. The quantitative estimate of drug-likeness (QED) is 0.503. The van der Waals surface area contributed by atoms with E-state index in [0.29, 0.717) is 25.1 Å². The first-order valence-electron chi connectivity index (χ1n) is 4.67. The maximum atomic E-state index is 11.1. The maximum absolute atomic E-state index is 11.1. The number of cyclic esters (lactones) is 1. The average Bonchev–Trinajstić information content (AvgIpc) is 2.46. The summed E-state index contributed by atoms with van der Waals surface area (Å²) in [6.45, 7) is 2.54. The molecule has 15 heavy (non-hydrogen) atoms. The fourth-order valence-electron chi connectivity index (χ4n) is 1.00. The fourth-order valence-corrected chi connectivity index (χ4v) is 1.00. The summed E-state index contributed by atoms with van der Waals surface area (Å²) in [6, 6.07) is 0. The molecular formula is C9H14N2O4. The zero-order valence-electron chi connectivity index (χ0n) is 8.49. The van der Waals surface area contributed by atoms with Crippen molar-refractivity contribution in [1.82, 2.24) is 5.32 Å². The van der Waals surface area contributed by atoms with Crippen LogP contribution in [0.4, 0.5) is 4.79 Å². The first-order valence-corrected chi connectivity index (χ1v) is 4.67. The predicted molar refractivity (Wildman–Crippen MR) is 51.8 cm³/mol. The second-order valence-electron chi connectivity index (χ2n) is 3.10. The van der Waals surface area contributed by atoms with Crippen LogP contribution in [-0.2, 0) is 14.3 Å². The molecule has 1 aliphatic rings. The molecule has 0 radical (unpaired) electrons. The van der Waals surface area contributed by atoms with Crippen LogP contribution in [-0.4, -0.2) is 31.4 Å². The predicted octanol–water partition coefficient (Wildman–Crippen LogP) is -0.109. The Balaban J connectivity index is 2.25. The van der Waals surface area contributed by atoms with Gasteiger partial charge in [-0.1, -0.05) is 0 Å². The van der Waals surface area contributed by atoms with Gasteiger partial charge < -0.3 is 20.5 Å². The highest BCUT2D eigenvalue weighted by Gasteiger charge is 2.24. The third-order valence-corrected chi connectivity index (χ3v) is 1.80. The molecule has 0 saturated carbocycles. The zero-order chi connectivity index (χ0) is 11.3. The van der Waals surface area contributed by atoms with Gasteiger partial charge >= 0.3 is 12.1 Å². The van der Waals surface area contributed by atoms with E-state index in [0.717, 1.165) is 0 Å². The average molecular weight is 214 g/mol. The molecule has 1 heterocycles. The lowest BCUT2D eigenvalue weighted by Gasteiger charge is -2.10. The van der Waals surface area contributed by atoms with Gasteiger partial charge in [-0.2, -0.15) is 0 Å². The Morgan fingerprint density at radius 1 is 1.73 bits per heavy atom. The van der Waals surface area contributed by atoms with E-state index < -0.39 is 18.4 Å². The van der Waals surface area contributed by atoms with Gasteiger partial charge in [0.2, 0.25) is 0 Å². The number of hydrogen-bond donors (Lipinski definition) is 2. The van der Waals surface area contributed by atoms with Crippen molar-refractivity contribution in [2.45, 2.75) is 19.6 Å². The first-order chi connectivity index (χ1) is 7.13. The van der Waals surface area contributed by atoms with Crippen LogP contribution >= 0.6 is 0 Å². The van der Waals surface area contributed by atoms with Gasteiger partial charge in [0.1, 0.15) is 0 Å². The monoisotopic (exact) mass is 214 g/mol. The molecule has 1 atom stereocenters. The van der Waals surface area contributed by atoms with Gasteiger partial charge in [0.15, 0.2) is 0 Å². The van der Waals surface area contributed by atoms with E-state index >= 15 is 0 Å². The molecule has 0 aromatic carbocycles. The highest BCUT2D eigenvalue weighted by atomic mass is 16.7. The number of alkyl carbamates (subject to hydrolysis) is 1. The molecule has 84 valence electrons. The largest absolute Gasteiger partial charge is 0.418 e. The number of rotatable bonds is 4. The summed E-state index contributed by atoms with van der Waals surface area (Å²) >= 11 is 0. The summed E-state index contributed by atoms with van der Waals surface area (Å²) in [5.41, 5.74) is 5.68. The van der Waals surface area contributed by atoms with E-state index in [2.05, 4.69) is 5.32 Å². The Morgan fingerprint density at radius 3 is 3.00 bits per heavy atom. The fraction of sp³-hybridized carbons (Fsp3) is 0.556. The van der Waals surface area contributed by atoms with Gasteiger partial charge in [0.25, 0.3) is 6.29 Å². The van der Waals surface area contributed by atoms with Crippen LogP contribution in [0.15, 0.2) is 11.6 Å². The van der Waals surface area contributed by atoms with Crippen molar-refractivity contribution in [3.63, 3.8) is 0 Å². The molecule has 0 bridgehead atoms. The van der Waals surface area contributed by atoms with Crippen molar-refractivity contribution in [3.05, 3.63) is 11.6 Å². The Labute approximate surface area is 87.4 Å². The van der Waals surface area contributed by atoms with Crippen molar-refractivity contribution in [2.75, 3.05) is 13.1 Å². The number of ether oxygens (including phenoxy) is 2. The van der Waals surface area contributed by atoms with Gasteiger partial charge in [-0.05, 0) is 19.9 Å². The van der Waals surface area contributed by atoms with Crippen LogP contribution in [0.5, 0.6) is 0 Å². The van der Waals surface area contributed by atoms with Gasteiger partial charge in [0.05, 0.1) is 0 Å². The molecule has 0 saturated heterocycles. The molecule has 6 heteroatoms. The number of nitrogens with two attached hydrogens (primary N) is 1. The maximum Gasteiger partial charge on any atom is 0.410 e. The lowest BCUT2D eigenvalue weighted by atomic mass is 10.3. The topological polar surface area (TPSA) is 90.7 Å². The van der Waals surface area contributed by atoms with Crippen LogP contribution in [0, 0.1) is 0 Å². The van der Waals surface area contributed by atoms with Crippen molar-refractivity contribution >= 4 is 12.1 Å². The van der Waals surface area contributed by atoms with Gasteiger partial charge in [0, 0.05) is 18.2 Å². The third-order valence-electron chi connectivity index (χ3n) is 1.80. The van der Waals surface area contributed by atoms with Crippen molar-refractivity contribution in [2.24, 2.45) is 5.73 Å². The highest BCUT2D eigenvalue weighted by molar-refractivity contribution is 5.90. The smallest absolute Gasteiger partial charge is 0.410 e. The molecular weight excluding hydrogens is 200 g/mol. The lowest BCUT2D eigenvalue weighted by Crippen LogP contribution is -2.30. The van der Waals surface area contributed by atoms with E-state index in [1.165, 1.54) is 6.08 Å². The van der Waals surface area contributed by atoms with Gasteiger partial charge in [-0.15, -0.1) is 0 Å². The minimum Gasteiger partial charge on any atom is -0.418 e. The van der Waals surface area contributed by atoms with E-state index in [1.807, 2.05) is 0 Å². The molecule has 1 aliphatic heterocycles. The van der Waals surface area contributed by atoms with Crippen LogP contribution in [0.25, 0.3) is 0 Å². The number of nitrogens with one attached hydrogen (secondary N) is 1. The van der Waals surface area contributed by atoms with E-state index in [-0.39, 0.29) is 0 Å². The SMILES string of the molecule is CC1=CC(OC(=O)NCCCN)OC1=O. The summed E-state index contributed by atoms with van der Waals surface area (Å²) < 4.78 is 9.50. The van der Waals surface area contributed by atoms with Crippen LogP contribution < -0.4 is 11.1 Å². The second kappa shape index (κ2) is 5.35. The highest BCUT2D eigenvalue weighted by Crippen LogP contribution is 2.13. The van der Waals surface area contributed by atoms with Crippen LogP contribution in [0.2, 0.25) is 0 Å². The Kier molecular flexibility index (Phi) is 4.11. The third kappa shape index (κ3) is 3.59. The molecule has 1 unspecified atom stereocenters. The first kappa shape index (κ1) is 11.5. The van der Waals surface area contributed by atoms with Crippen LogP contribution in [0.1, 0.15) is 13.3 Å². The number of carbonyl (C=O) groups is 2. The van der Waals surface area contributed by atoms with Crippen molar-refractivity contribution < 1.29 is 19.1 Å². The molecule has 0 aromatic rings.